The molecule has 0 N–H and O–H groups in total. The molecule has 0 aliphatic heterocycles. The lowest BCUT2D eigenvalue weighted by Gasteiger charge is -2.17. The summed E-state index contributed by atoms with van der Waals surface area (Å²) in [5, 5.41) is 0. The molecule has 0 aliphatic carbocycles. The molecule has 0 aromatic heterocycles. The van der Waals surface area contributed by atoms with E-state index in [1.54, 1.807) is 0 Å². The number of rotatable bonds is 4. The molecule has 102 valence electrons. The molecule has 1 aromatic rings. The van der Waals surface area contributed by atoms with Crippen LogP contribution >= 0.6 is 0 Å². The van der Waals surface area contributed by atoms with E-state index in [0.717, 1.165) is 0 Å². The van der Waals surface area contributed by atoms with Crippen LogP contribution < -0.4 is 9.47 Å². The van der Waals surface area contributed by atoms with Gasteiger partial charge in [-0.25, -0.2) is 4.39 Å². The van der Waals surface area contributed by atoms with Gasteiger partial charge in [0.15, 0.2) is 11.5 Å². The summed E-state index contributed by atoms with van der Waals surface area (Å²) in [6, 6.07) is 0. The van der Waals surface area contributed by atoms with E-state index < -0.39 is 47.0 Å². The summed E-state index contributed by atoms with van der Waals surface area (Å²) in [7, 11) is 0. The van der Waals surface area contributed by atoms with Gasteiger partial charge in [0.2, 0.25) is 23.3 Å². The number of hydrogen-bond donors (Lipinski definition) is 0. The summed E-state index contributed by atoms with van der Waals surface area (Å²) in [6.45, 7) is 6.01. The van der Waals surface area contributed by atoms with Gasteiger partial charge >= 0.3 is 0 Å². The molecule has 0 amide bonds. The average molecular weight is 266 g/mol. The summed E-state index contributed by atoms with van der Waals surface area (Å²) in [4.78, 5) is 0. The summed E-state index contributed by atoms with van der Waals surface area (Å²) in [6.07, 6.45) is -1.18. The molecule has 0 saturated heterocycles. The van der Waals surface area contributed by atoms with Crippen LogP contribution in [0, 0.1) is 23.3 Å². The largest absolute Gasteiger partial charge is 0.485 e. The van der Waals surface area contributed by atoms with E-state index in [4.69, 9.17) is 9.47 Å². The normalized spacial score (nSPS) is 11.2. The van der Waals surface area contributed by atoms with Gasteiger partial charge in [-0.2, -0.15) is 13.2 Å². The maximum atomic E-state index is 13.8. The second kappa shape index (κ2) is 5.46. The predicted molar refractivity (Wildman–Crippen MR) is 57.8 cm³/mol. The van der Waals surface area contributed by atoms with Crippen molar-refractivity contribution >= 4 is 0 Å². The van der Waals surface area contributed by atoms with E-state index in [9.17, 15) is 17.6 Å². The van der Waals surface area contributed by atoms with E-state index >= 15 is 0 Å². The molecule has 1 rings (SSSR count). The second-order valence-corrected chi connectivity index (χ2v) is 4.25. The zero-order valence-electron chi connectivity index (χ0n) is 10.5. The maximum absolute atomic E-state index is 13.8. The first-order valence-corrected chi connectivity index (χ1v) is 5.44. The van der Waals surface area contributed by atoms with Crippen molar-refractivity contribution in [3.63, 3.8) is 0 Å². The van der Waals surface area contributed by atoms with Gasteiger partial charge in [-0.15, -0.1) is 0 Å². The molecule has 18 heavy (non-hydrogen) atoms. The quantitative estimate of drug-likeness (QED) is 0.468. The van der Waals surface area contributed by atoms with Crippen LogP contribution in [-0.4, -0.2) is 12.2 Å². The Kier molecular flexibility index (Phi) is 4.43. The van der Waals surface area contributed by atoms with Gasteiger partial charge in [0.25, 0.3) is 0 Å². The van der Waals surface area contributed by atoms with Crippen molar-refractivity contribution < 1.29 is 27.0 Å². The zero-order valence-corrected chi connectivity index (χ0v) is 10.5. The van der Waals surface area contributed by atoms with E-state index in [1.165, 1.54) is 27.7 Å². The maximum Gasteiger partial charge on any atom is 0.213 e. The molecule has 1 aromatic carbocycles. The van der Waals surface area contributed by atoms with Crippen molar-refractivity contribution in [1.29, 1.82) is 0 Å². The molecule has 0 fully saturated rings. The minimum Gasteiger partial charge on any atom is -0.485 e. The highest BCUT2D eigenvalue weighted by atomic mass is 19.2. The van der Waals surface area contributed by atoms with Crippen LogP contribution in [0.4, 0.5) is 17.6 Å². The SMILES string of the molecule is CC(C)Oc1c(F)c(F)c(F)c(OC(C)C)c1F. The van der Waals surface area contributed by atoms with Crippen LogP contribution in [0.25, 0.3) is 0 Å². The van der Waals surface area contributed by atoms with E-state index in [0.29, 0.717) is 0 Å². The second-order valence-electron chi connectivity index (χ2n) is 4.25. The number of ether oxygens (including phenoxy) is 2. The Morgan fingerprint density at radius 3 is 1.22 bits per heavy atom. The van der Waals surface area contributed by atoms with Gasteiger partial charge in [-0.3, -0.25) is 0 Å². The molecule has 0 atom stereocenters. The van der Waals surface area contributed by atoms with Gasteiger partial charge < -0.3 is 9.47 Å². The summed E-state index contributed by atoms with van der Waals surface area (Å²) in [5.74, 6) is -8.54. The van der Waals surface area contributed by atoms with Crippen LogP contribution in [-0.2, 0) is 0 Å². The predicted octanol–water partition coefficient (Wildman–Crippen LogP) is 3.82. The molecule has 0 radical (unpaired) electrons. The highest BCUT2D eigenvalue weighted by Crippen LogP contribution is 2.36. The number of hydrogen-bond acceptors (Lipinski definition) is 2. The first kappa shape index (κ1) is 14.6. The minimum atomic E-state index is -1.82. The highest BCUT2D eigenvalue weighted by Gasteiger charge is 2.28. The van der Waals surface area contributed by atoms with Crippen LogP contribution in [0.2, 0.25) is 0 Å². The smallest absolute Gasteiger partial charge is 0.213 e. The van der Waals surface area contributed by atoms with E-state index in [-0.39, 0.29) is 0 Å². The minimum absolute atomic E-state index is 0.592. The van der Waals surface area contributed by atoms with Crippen LogP contribution in [0.1, 0.15) is 27.7 Å². The van der Waals surface area contributed by atoms with Gasteiger partial charge in [0, 0.05) is 0 Å². The Morgan fingerprint density at radius 2 is 0.944 bits per heavy atom. The lowest BCUT2D eigenvalue weighted by Crippen LogP contribution is -2.15. The Morgan fingerprint density at radius 1 is 0.611 bits per heavy atom. The molecule has 0 bridgehead atoms. The highest BCUT2D eigenvalue weighted by molar-refractivity contribution is 5.39. The van der Waals surface area contributed by atoms with Gasteiger partial charge in [0.1, 0.15) is 0 Å². The Balaban J connectivity index is 3.39. The van der Waals surface area contributed by atoms with Crippen molar-refractivity contribution in [1.82, 2.24) is 0 Å². The molecule has 6 heteroatoms. The first-order chi connectivity index (χ1) is 8.25. The van der Waals surface area contributed by atoms with Gasteiger partial charge in [0.05, 0.1) is 12.2 Å². The molecular formula is C12H14F4O2. The third-order valence-corrected chi connectivity index (χ3v) is 1.89. The monoisotopic (exact) mass is 266 g/mol. The molecule has 0 aliphatic rings. The fourth-order valence-electron chi connectivity index (χ4n) is 1.27. The number of halogens is 4. The fraction of sp³-hybridized carbons (Fsp3) is 0.500. The van der Waals surface area contributed by atoms with Crippen molar-refractivity contribution in [2.24, 2.45) is 0 Å². The van der Waals surface area contributed by atoms with Crippen molar-refractivity contribution in [3.05, 3.63) is 23.3 Å². The topological polar surface area (TPSA) is 18.5 Å². The first-order valence-electron chi connectivity index (χ1n) is 5.44. The zero-order chi connectivity index (χ0) is 14.0. The van der Waals surface area contributed by atoms with Crippen LogP contribution in [0.3, 0.4) is 0 Å². The standard InChI is InChI=1S/C12H14F4O2/c1-5(2)17-11-8(14)7(13)9(15)12(10(11)16)18-6(3)4/h5-6H,1-4H3. The Labute approximate surface area is 103 Å². The molecule has 0 unspecified atom stereocenters. The van der Waals surface area contributed by atoms with Crippen molar-refractivity contribution in [3.8, 4) is 11.5 Å². The summed E-state index contributed by atoms with van der Waals surface area (Å²) < 4.78 is 63.4. The van der Waals surface area contributed by atoms with E-state index in [1.807, 2.05) is 0 Å². The molecular weight excluding hydrogens is 252 g/mol. The number of benzene rings is 1. The Hall–Kier alpha value is -1.46. The molecule has 2 nitrogen and oxygen atoms in total. The third-order valence-electron chi connectivity index (χ3n) is 1.89. The fourth-order valence-corrected chi connectivity index (χ4v) is 1.27. The average Bonchev–Trinajstić information content (AvgIpc) is 2.27. The van der Waals surface area contributed by atoms with Crippen LogP contribution in [0.5, 0.6) is 11.5 Å². The van der Waals surface area contributed by atoms with Gasteiger partial charge in [-0.1, -0.05) is 0 Å². The van der Waals surface area contributed by atoms with Crippen molar-refractivity contribution in [2.45, 2.75) is 39.9 Å². The summed E-state index contributed by atoms with van der Waals surface area (Å²) in [5.41, 5.74) is 0. The van der Waals surface area contributed by atoms with Gasteiger partial charge in [-0.05, 0) is 27.7 Å². The lowest BCUT2D eigenvalue weighted by molar-refractivity contribution is 0.187. The lowest BCUT2D eigenvalue weighted by atomic mass is 10.2. The van der Waals surface area contributed by atoms with E-state index in [2.05, 4.69) is 0 Å². The molecule has 0 spiro atoms. The molecule has 0 saturated carbocycles. The molecule has 0 heterocycles. The third kappa shape index (κ3) is 2.86. The Bertz CT molecular complexity index is 407. The summed E-state index contributed by atoms with van der Waals surface area (Å²) >= 11 is 0. The van der Waals surface area contributed by atoms with Crippen molar-refractivity contribution in [2.75, 3.05) is 0 Å². The van der Waals surface area contributed by atoms with Crippen LogP contribution in [0.15, 0.2) is 0 Å².